The van der Waals surface area contributed by atoms with Crippen molar-refractivity contribution in [2.24, 2.45) is 0 Å². The molecule has 0 radical (unpaired) electrons. The van der Waals surface area contributed by atoms with Crippen molar-refractivity contribution in [2.45, 2.75) is 19.4 Å². The molecule has 1 heterocycles. The minimum absolute atomic E-state index is 0.0477. The van der Waals surface area contributed by atoms with Crippen molar-refractivity contribution in [3.63, 3.8) is 0 Å². The first-order chi connectivity index (χ1) is 11.4. The molecule has 1 amide bonds. The zero-order chi connectivity index (χ0) is 17.3. The van der Waals surface area contributed by atoms with Gasteiger partial charge in [-0.05, 0) is 55.3 Å². The number of rotatable bonds is 3. The highest BCUT2D eigenvalue weighted by molar-refractivity contribution is 7.91. The molecular weight excluding hydrogens is 329 g/mol. The van der Waals surface area contributed by atoms with Crippen LogP contribution >= 0.6 is 0 Å². The number of anilines is 1. The van der Waals surface area contributed by atoms with Gasteiger partial charge >= 0.3 is 0 Å². The summed E-state index contributed by atoms with van der Waals surface area (Å²) in [5.74, 6) is -0.704. The molecular formula is C18H18FNO3S. The lowest BCUT2D eigenvalue weighted by atomic mass is 10.1. The summed E-state index contributed by atoms with van der Waals surface area (Å²) < 4.78 is 36.8. The average molecular weight is 347 g/mol. The maximum absolute atomic E-state index is 13.1. The van der Waals surface area contributed by atoms with Crippen LogP contribution in [-0.4, -0.2) is 31.9 Å². The lowest BCUT2D eigenvalue weighted by Crippen LogP contribution is -2.41. The largest absolute Gasteiger partial charge is 0.304 e. The highest BCUT2D eigenvalue weighted by Gasteiger charge is 2.36. The summed E-state index contributed by atoms with van der Waals surface area (Å²) in [7, 11) is -3.13. The van der Waals surface area contributed by atoms with Crippen LogP contribution in [0.2, 0.25) is 0 Å². The maximum atomic E-state index is 13.1. The molecule has 0 aliphatic carbocycles. The fourth-order valence-corrected chi connectivity index (χ4v) is 4.68. The molecule has 0 spiro atoms. The van der Waals surface area contributed by atoms with Crippen molar-refractivity contribution in [3.05, 3.63) is 65.5 Å². The molecule has 1 aliphatic rings. The van der Waals surface area contributed by atoms with Gasteiger partial charge in [0.15, 0.2) is 9.84 Å². The van der Waals surface area contributed by atoms with Crippen LogP contribution in [0.5, 0.6) is 0 Å². The Kier molecular flexibility index (Phi) is 4.41. The van der Waals surface area contributed by atoms with Gasteiger partial charge in [-0.1, -0.05) is 12.1 Å². The van der Waals surface area contributed by atoms with E-state index in [-0.39, 0.29) is 17.4 Å². The van der Waals surface area contributed by atoms with Gasteiger partial charge in [-0.3, -0.25) is 4.79 Å². The van der Waals surface area contributed by atoms with Gasteiger partial charge in [-0.15, -0.1) is 0 Å². The summed E-state index contributed by atoms with van der Waals surface area (Å²) in [6.07, 6.45) is 0.406. The first kappa shape index (κ1) is 16.6. The third kappa shape index (κ3) is 3.48. The summed E-state index contributed by atoms with van der Waals surface area (Å²) in [5.41, 5.74) is 1.97. The molecule has 0 aromatic heterocycles. The summed E-state index contributed by atoms with van der Waals surface area (Å²) in [6, 6.07) is 12.3. The monoisotopic (exact) mass is 347 g/mol. The lowest BCUT2D eigenvalue weighted by Gasteiger charge is -2.29. The predicted molar refractivity (Wildman–Crippen MR) is 91.4 cm³/mol. The Labute approximate surface area is 140 Å². The van der Waals surface area contributed by atoms with Gasteiger partial charge in [0.05, 0.1) is 17.5 Å². The minimum Gasteiger partial charge on any atom is -0.304 e. The van der Waals surface area contributed by atoms with E-state index in [0.29, 0.717) is 17.7 Å². The molecule has 4 nitrogen and oxygen atoms in total. The van der Waals surface area contributed by atoms with E-state index in [9.17, 15) is 17.6 Å². The predicted octanol–water partition coefficient (Wildman–Crippen LogP) is 2.97. The molecule has 6 heteroatoms. The molecule has 24 heavy (non-hydrogen) atoms. The zero-order valence-corrected chi connectivity index (χ0v) is 14.1. The van der Waals surface area contributed by atoms with Gasteiger partial charge in [-0.25, -0.2) is 12.8 Å². The van der Waals surface area contributed by atoms with E-state index in [1.807, 2.05) is 25.1 Å². The number of amides is 1. The van der Waals surface area contributed by atoms with E-state index in [0.717, 1.165) is 5.56 Å². The van der Waals surface area contributed by atoms with E-state index >= 15 is 0 Å². The van der Waals surface area contributed by atoms with Gasteiger partial charge in [0.2, 0.25) is 0 Å². The van der Waals surface area contributed by atoms with E-state index in [1.54, 1.807) is 6.07 Å². The molecule has 2 aromatic carbocycles. The molecule has 0 N–H and O–H groups in total. The molecule has 1 unspecified atom stereocenters. The number of carbonyl (C=O) groups is 1. The van der Waals surface area contributed by atoms with Crippen LogP contribution in [0, 0.1) is 12.7 Å². The van der Waals surface area contributed by atoms with Crippen LogP contribution in [0.3, 0.4) is 0 Å². The highest BCUT2D eigenvalue weighted by atomic mass is 32.2. The van der Waals surface area contributed by atoms with E-state index in [4.69, 9.17) is 0 Å². The second kappa shape index (κ2) is 6.36. The van der Waals surface area contributed by atoms with Crippen LogP contribution < -0.4 is 4.90 Å². The molecule has 1 saturated heterocycles. The van der Waals surface area contributed by atoms with Crippen molar-refractivity contribution in [3.8, 4) is 0 Å². The van der Waals surface area contributed by atoms with Crippen LogP contribution in [-0.2, 0) is 9.84 Å². The molecule has 0 saturated carbocycles. The van der Waals surface area contributed by atoms with E-state index in [1.165, 1.54) is 29.2 Å². The number of aryl methyl sites for hydroxylation is 1. The quantitative estimate of drug-likeness (QED) is 0.858. The summed E-state index contributed by atoms with van der Waals surface area (Å²) >= 11 is 0. The van der Waals surface area contributed by atoms with E-state index < -0.39 is 21.7 Å². The Morgan fingerprint density at radius 3 is 2.46 bits per heavy atom. The number of hydrogen-bond donors (Lipinski definition) is 0. The van der Waals surface area contributed by atoms with Crippen LogP contribution in [0.4, 0.5) is 10.1 Å². The number of hydrogen-bond acceptors (Lipinski definition) is 3. The van der Waals surface area contributed by atoms with Crippen LogP contribution in [0.15, 0.2) is 48.5 Å². The fraction of sp³-hybridized carbons (Fsp3) is 0.278. The normalized spacial score (nSPS) is 19.2. The number of nitrogens with zero attached hydrogens (tertiary/aromatic N) is 1. The SMILES string of the molecule is Cc1cccc(N(C(=O)c2ccc(F)cc2)C2CCS(=O)(=O)C2)c1. The maximum Gasteiger partial charge on any atom is 0.258 e. The minimum atomic E-state index is -3.13. The Hall–Kier alpha value is -2.21. The number of halogens is 1. The third-order valence-electron chi connectivity index (χ3n) is 4.16. The van der Waals surface area contributed by atoms with Gasteiger partial charge < -0.3 is 4.90 Å². The topological polar surface area (TPSA) is 54.5 Å². The van der Waals surface area contributed by atoms with Crippen molar-refractivity contribution in [2.75, 3.05) is 16.4 Å². The zero-order valence-electron chi connectivity index (χ0n) is 13.3. The summed E-state index contributed by atoms with van der Waals surface area (Å²) in [4.78, 5) is 14.5. The molecule has 3 rings (SSSR count). The first-order valence-electron chi connectivity index (χ1n) is 7.72. The Balaban J connectivity index is 2.01. The summed E-state index contributed by atoms with van der Waals surface area (Å²) in [5, 5.41) is 0. The second-order valence-corrected chi connectivity index (χ2v) is 8.31. The number of sulfone groups is 1. The van der Waals surface area contributed by atoms with Crippen molar-refractivity contribution in [1.82, 2.24) is 0 Å². The summed E-state index contributed by atoms with van der Waals surface area (Å²) in [6.45, 7) is 1.91. The number of carbonyl (C=O) groups excluding carboxylic acids is 1. The molecule has 1 atom stereocenters. The Morgan fingerprint density at radius 2 is 1.88 bits per heavy atom. The van der Waals surface area contributed by atoms with Gasteiger partial charge in [-0.2, -0.15) is 0 Å². The highest BCUT2D eigenvalue weighted by Crippen LogP contribution is 2.27. The van der Waals surface area contributed by atoms with Crippen molar-refractivity contribution < 1.29 is 17.6 Å². The molecule has 1 aliphatic heterocycles. The smallest absolute Gasteiger partial charge is 0.258 e. The molecule has 1 fully saturated rings. The standard InChI is InChI=1S/C18H18FNO3S/c1-13-3-2-4-16(11-13)20(17-9-10-24(22,23)12-17)18(21)14-5-7-15(19)8-6-14/h2-8,11,17H,9-10,12H2,1H3. The Morgan fingerprint density at radius 1 is 1.17 bits per heavy atom. The van der Waals surface area contributed by atoms with E-state index in [2.05, 4.69) is 0 Å². The lowest BCUT2D eigenvalue weighted by molar-refractivity contribution is 0.0979. The van der Waals surface area contributed by atoms with Gasteiger partial charge in [0, 0.05) is 11.3 Å². The van der Waals surface area contributed by atoms with Gasteiger partial charge in [0.25, 0.3) is 5.91 Å². The Bertz CT molecular complexity index is 862. The molecule has 0 bridgehead atoms. The fourth-order valence-electron chi connectivity index (χ4n) is 2.98. The average Bonchev–Trinajstić information content (AvgIpc) is 2.88. The molecule has 126 valence electrons. The van der Waals surface area contributed by atoms with Crippen molar-refractivity contribution >= 4 is 21.4 Å². The van der Waals surface area contributed by atoms with Crippen LogP contribution in [0.1, 0.15) is 22.3 Å². The van der Waals surface area contributed by atoms with Crippen molar-refractivity contribution in [1.29, 1.82) is 0 Å². The third-order valence-corrected chi connectivity index (χ3v) is 5.91. The first-order valence-corrected chi connectivity index (χ1v) is 9.54. The van der Waals surface area contributed by atoms with Gasteiger partial charge in [0.1, 0.15) is 5.82 Å². The molecule has 2 aromatic rings. The second-order valence-electron chi connectivity index (χ2n) is 6.08. The number of benzene rings is 2. The van der Waals surface area contributed by atoms with Crippen LogP contribution in [0.25, 0.3) is 0 Å².